The summed E-state index contributed by atoms with van der Waals surface area (Å²) in [6.07, 6.45) is 7.15. The summed E-state index contributed by atoms with van der Waals surface area (Å²) < 4.78 is 4.43. The third-order valence-corrected chi connectivity index (χ3v) is 5.37. The average Bonchev–Trinajstić information content (AvgIpc) is 3.37. The van der Waals surface area contributed by atoms with Gasteiger partial charge in [-0.15, -0.1) is 0 Å². The van der Waals surface area contributed by atoms with Crippen LogP contribution in [0.5, 0.6) is 0 Å². The Kier molecular flexibility index (Phi) is 4.18. The van der Waals surface area contributed by atoms with Crippen LogP contribution in [0.4, 0.5) is 5.69 Å². The molecule has 0 radical (unpaired) electrons. The van der Waals surface area contributed by atoms with Gasteiger partial charge in [0.15, 0.2) is 5.82 Å². The Hall–Kier alpha value is -3.78. The summed E-state index contributed by atoms with van der Waals surface area (Å²) >= 11 is 0. The molecule has 1 N–H and O–H groups in total. The van der Waals surface area contributed by atoms with Crippen molar-refractivity contribution in [2.24, 2.45) is 0 Å². The molecule has 2 aromatic heterocycles. The summed E-state index contributed by atoms with van der Waals surface area (Å²) in [7, 11) is 0. The Morgan fingerprint density at radius 2 is 1.97 bits per heavy atom. The molecule has 5 nitrogen and oxygen atoms in total. The van der Waals surface area contributed by atoms with E-state index in [1.165, 1.54) is 11.3 Å². The van der Waals surface area contributed by atoms with Crippen molar-refractivity contribution in [3.8, 4) is 34.4 Å². The second kappa shape index (κ2) is 6.99. The van der Waals surface area contributed by atoms with Crippen LogP contribution in [0.15, 0.2) is 67.1 Å². The summed E-state index contributed by atoms with van der Waals surface area (Å²) in [6.45, 7) is 3.92. The number of anilines is 1. The standard InChI is InChI=1S/C24H21N5/c1-2-9-26-21-7-8-22-20(12-21)16-28-15-19(18-5-3-17(14-25)4-6-18)13-23(28)24-27-10-11-29(22)24/h3-8,10-13,15,26H,2,9,16H2,1H3. The number of fused-ring (bicyclic) bond motifs is 5. The van der Waals surface area contributed by atoms with Crippen LogP contribution in [0.3, 0.4) is 0 Å². The van der Waals surface area contributed by atoms with Gasteiger partial charge in [-0.2, -0.15) is 5.26 Å². The summed E-state index contributed by atoms with van der Waals surface area (Å²) in [5, 5.41) is 12.5. The van der Waals surface area contributed by atoms with Crippen molar-refractivity contribution in [1.29, 1.82) is 5.26 Å². The molecule has 29 heavy (non-hydrogen) atoms. The molecule has 5 heteroatoms. The van der Waals surface area contributed by atoms with Crippen molar-refractivity contribution in [3.63, 3.8) is 0 Å². The number of rotatable bonds is 4. The number of nitriles is 1. The fourth-order valence-corrected chi connectivity index (χ4v) is 3.92. The van der Waals surface area contributed by atoms with Crippen molar-refractivity contribution in [2.45, 2.75) is 19.9 Å². The third kappa shape index (κ3) is 2.99. The minimum Gasteiger partial charge on any atom is -0.385 e. The predicted molar refractivity (Wildman–Crippen MR) is 115 cm³/mol. The number of nitrogens with one attached hydrogen (secondary N) is 1. The van der Waals surface area contributed by atoms with Crippen molar-refractivity contribution < 1.29 is 0 Å². The highest BCUT2D eigenvalue weighted by molar-refractivity contribution is 5.72. The molecular formula is C24H21N5. The van der Waals surface area contributed by atoms with Crippen LogP contribution in [0.2, 0.25) is 0 Å². The number of benzene rings is 2. The highest BCUT2D eigenvalue weighted by Gasteiger charge is 2.21. The van der Waals surface area contributed by atoms with Crippen LogP contribution in [0, 0.1) is 11.3 Å². The van der Waals surface area contributed by atoms with Gasteiger partial charge in [0, 0.05) is 42.9 Å². The molecule has 1 aliphatic rings. The first kappa shape index (κ1) is 17.3. The fourth-order valence-electron chi connectivity index (χ4n) is 3.92. The number of nitrogens with zero attached hydrogens (tertiary/aromatic N) is 4. The number of imidazole rings is 1. The first-order valence-electron chi connectivity index (χ1n) is 9.88. The average molecular weight is 379 g/mol. The lowest BCUT2D eigenvalue weighted by atomic mass is 10.1. The van der Waals surface area contributed by atoms with Crippen LogP contribution < -0.4 is 5.32 Å². The van der Waals surface area contributed by atoms with E-state index in [-0.39, 0.29) is 0 Å². The molecule has 2 aromatic carbocycles. The van der Waals surface area contributed by atoms with Gasteiger partial charge in [-0.3, -0.25) is 4.57 Å². The molecule has 0 amide bonds. The van der Waals surface area contributed by atoms with Crippen LogP contribution >= 0.6 is 0 Å². The molecule has 3 heterocycles. The molecule has 0 saturated carbocycles. The summed E-state index contributed by atoms with van der Waals surface area (Å²) in [6, 6.07) is 18.6. The van der Waals surface area contributed by atoms with E-state index in [2.05, 4.69) is 62.9 Å². The van der Waals surface area contributed by atoms with Gasteiger partial charge in [-0.1, -0.05) is 19.1 Å². The zero-order valence-corrected chi connectivity index (χ0v) is 16.3. The minimum atomic E-state index is 0.672. The molecule has 142 valence electrons. The zero-order chi connectivity index (χ0) is 19.8. The van der Waals surface area contributed by atoms with E-state index in [4.69, 9.17) is 5.26 Å². The lowest BCUT2D eigenvalue weighted by Crippen LogP contribution is -2.04. The first-order chi connectivity index (χ1) is 14.3. The van der Waals surface area contributed by atoms with Gasteiger partial charge >= 0.3 is 0 Å². The van der Waals surface area contributed by atoms with E-state index >= 15 is 0 Å². The fraction of sp³-hybridized carbons (Fsp3) is 0.167. The van der Waals surface area contributed by atoms with Crippen LogP contribution in [0.1, 0.15) is 24.5 Å². The van der Waals surface area contributed by atoms with Crippen molar-refractivity contribution in [3.05, 3.63) is 78.2 Å². The monoisotopic (exact) mass is 379 g/mol. The maximum atomic E-state index is 9.05. The van der Waals surface area contributed by atoms with Gasteiger partial charge in [0.1, 0.15) is 0 Å². The number of hydrogen-bond donors (Lipinski definition) is 1. The van der Waals surface area contributed by atoms with E-state index in [0.717, 1.165) is 47.8 Å². The third-order valence-electron chi connectivity index (χ3n) is 5.37. The summed E-state index contributed by atoms with van der Waals surface area (Å²) in [4.78, 5) is 4.65. The normalized spacial score (nSPS) is 11.7. The molecule has 1 aliphatic heterocycles. The van der Waals surface area contributed by atoms with Crippen molar-refractivity contribution in [1.82, 2.24) is 14.1 Å². The highest BCUT2D eigenvalue weighted by atomic mass is 15.1. The highest BCUT2D eigenvalue weighted by Crippen LogP contribution is 2.34. The first-order valence-corrected chi connectivity index (χ1v) is 9.88. The van der Waals surface area contributed by atoms with Gasteiger partial charge in [-0.25, -0.2) is 4.98 Å². The zero-order valence-electron chi connectivity index (χ0n) is 16.3. The molecule has 0 saturated heterocycles. The Labute approximate surface area is 169 Å². The lowest BCUT2D eigenvalue weighted by Gasteiger charge is -2.12. The molecule has 4 aromatic rings. The van der Waals surface area contributed by atoms with Gasteiger partial charge in [-0.05, 0) is 53.9 Å². The van der Waals surface area contributed by atoms with Crippen LogP contribution in [-0.4, -0.2) is 20.7 Å². The summed E-state index contributed by atoms with van der Waals surface area (Å²) in [5.74, 6) is 0.943. The molecule has 0 aliphatic carbocycles. The Morgan fingerprint density at radius 3 is 2.76 bits per heavy atom. The smallest absolute Gasteiger partial charge is 0.161 e. The maximum absolute atomic E-state index is 9.05. The van der Waals surface area contributed by atoms with Gasteiger partial charge in [0.25, 0.3) is 0 Å². The minimum absolute atomic E-state index is 0.672. The van der Waals surface area contributed by atoms with Gasteiger partial charge in [0.05, 0.1) is 23.0 Å². The molecular weight excluding hydrogens is 358 g/mol. The molecule has 0 unspecified atom stereocenters. The Bertz CT molecular complexity index is 1220. The topological polar surface area (TPSA) is 58.6 Å². The van der Waals surface area contributed by atoms with E-state index in [0.29, 0.717) is 5.56 Å². The van der Waals surface area contributed by atoms with E-state index in [1.54, 1.807) is 0 Å². The second-order valence-electron chi connectivity index (χ2n) is 7.32. The van der Waals surface area contributed by atoms with Crippen molar-refractivity contribution in [2.75, 3.05) is 11.9 Å². The summed E-state index contributed by atoms with van der Waals surface area (Å²) in [5.41, 5.74) is 7.56. The SMILES string of the molecule is CCCNc1ccc2c(c1)Cn1cc(-c3ccc(C#N)cc3)cc1-c1nccn1-2. The molecule has 0 bridgehead atoms. The van der Waals surface area contributed by atoms with Crippen LogP contribution in [-0.2, 0) is 6.54 Å². The Morgan fingerprint density at radius 1 is 1.10 bits per heavy atom. The maximum Gasteiger partial charge on any atom is 0.161 e. The van der Waals surface area contributed by atoms with E-state index in [9.17, 15) is 0 Å². The number of hydrogen-bond acceptors (Lipinski definition) is 3. The van der Waals surface area contributed by atoms with Gasteiger partial charge in [0.2, 0.25) is 0 Å². The molecule has 0 spiro atoms. The molecule has 0 atom stereocenters. The number of aromatic nitrogens is 3. The van der Waals surface area contributed by atoms with Crippen molar-refractivity contribution >= 4 is 5.69 Å². The quantitative estimate of drug-likeness (QED) is 0.475. The second-order valence-corrected chi connectivity index (χ2v) is 7.32. The predicted octanol–water partition coefficient (Wildman–Crippen LogP) is 5.06. The molecule has 5 rings (SSSR count). The van der Waals surface area contributed by atoms with Gasteiger partial charge < -0.3 is 9.88 Å². The lowest BCUT2D eigenvalue weighted by molar-refractivity contribution is 0.819. The van der Waals surface area contributed by atoms with E-state index in [1.807, 2.05) is 36.7 Å². The Balaban J connectivity index is 1.60. The molecule has 0 fully saturated rings. The largest absolute Gasteiger partial charge is 0.385 e. The van der Waals surface area contributed by atoms with Crippen LogP contribution in [0.25, 0.3) is 28.3 Å². The van der Waals surface area contributed by atoms with E-state index < -0.39 is 0 Å².